The van der Waals surface area contributed by atoms with Crippen molar-refractivity contribution in [2.75, 3.05) is 0 Å². The van der Waals surface area contributed by atoms with E-state index in [4.69, 9.17) is 23.2 Å². The highest BCUT2D eigenvalue weighted by molar-refractivity contribution is 7.09. The van der Waals surface area contributed by atoms with Gasteiger partial charge in [-0.05, 0) is 30.5 Å². The van der Waals surface area contributed by atoms with Crippen molar-refractivity contribution in [3.63, 3.8) is 0 Å². The fourth-order valence-corrected chi connectivity index (χ4v) is 3.23. The van der Waals surface area contributed by atoms with Crippen molar-refractivity contribution in [2.45, 2.75) is 18.8 Å². The number of nitrogens with zero attached hydrogens (tertiary/aromatic N) is 2. The molecule has 0 aliphatic rings. The zero-order chi connectivity index (χ0) is 13.4. The summed E-state index contributed by atoms with van der Waals surface area (Å²) in [5, 5.41) is 2.59. The molecule has 0 spiro atoms. The van der Waals surface area contributed by atoms with Gasteiger partial charge in [-0.3, -0.25) is 0 Å². The zero-order valence-electron chi connectivity index (χ0n) is 10.3. The quantitative estimate of drug-likeness (QED) is 0.615. The Morgan fingerprint density at radius 2 is 2.16 bits per heavy atom. The van der Waals surface area contributed by atoms with E-state index in [1.54, 1.807) is 11.3 Å². The summed E-state index contributed by atoms with van der Waals surface area (Å²) in [7, 11) is 0. The van der Waals surface area contributed by atoms with E-state index in [-0.39, 0.29) is 5.38 Å². The highest BCUT2D eigenvalue weighted by Crippen LogP contribution is 2.29. The van der Waals surface area contributed by atoms with Gasteiger partial charge in [-0.25, -0.2) is 4.98 Å². The van der Waals surface area contributed by atoms with Crippen LogP contribution < -0.4 is 0 Å². The van der Waals surface area contributed by atoms with Crippen molar-refractivity contribution in [3.05, 3.63) is 51.4 Å². The molecule has 2 aromatic heterocycles. The van der Waals surface area contributed by atoms with Gasteiger partial charge in [0.15, 0.2) is 0 Å². The van der Waals surface area contributed by atoms with Crippen LogP contribution in [0.4, 0.5) is 0 Å². The van der Waals surface area contributed by atoms with Crippen LogP contribution in [-0.4, -0.2) is 9.55 Å². The largest absolute Gasteiger partial charge is 0.321 e. The van der Waals surface area contributed by atoms with E-state index in [1.165, 1.54) is 4.88 Å². The summed E-state index contributed by atoms with van der Waals surface area (Å²) in [6.07, 6.45) is 0. The number of thiophene rings is 1. The molecule has 3 aromatic rings. The molecule has 98 valence electrons. The molecule has 0 amide bonds. The van der Waals surface area contributed by atoms with E-state index in [1.807, 2.05) is 25.1 Å². The van der Waals surface area contributed by atoms with Crippen molar-refractivity contribution < 1.29 is 0 Å². The maximum atomic E-state index is 6.25. The molecule has 3 rings (SSSR count). The van der Waals surface area contributed by atoms with E-state index in [0.717, 1.165) is 23.4 Å². The Morgan fingerprint density at radius 1 is 1.32 bits per heavy atom. The fraction of sp³-hybridized carbons (Fsp3) is 0.214. The van der Waals surface area contributed by atoms with Gasteiger partial charge in [-0.15, -0.1) is 22.9 Å². The first kappa shape index (κ1) is 13.0. The second-order valence-corrected chi connectivity index (χ2v) is 6.45. The molecular weight excluding hydrogens is 299 g/mol. The van der Waals surface area contributed by atoms with Gasteiger partial charge in [-0.1, -0.05) is 23.7 Å². The van der Waals surface area contributed by atoms with Gasteiger partial charge >= 0.3 is 0 Å². The Balaban J connectivity index is 2.19. The predicted molar refractivity (Wildman–Crippen MR) is 82.4 cm³/mol. The normalized spacial score (nSPS) is 13.0. The minimum Gasteiger partial charge on any atom is -0.321 e. The minimum absolute atomic E-state index is 0.150. The first-order chi connectivity index (χ1) is 9.16. The molecule has 0 N–H and O–H groups in total. The van der Waals surface area contributed by atoms with Crippen LogP contribution in [0.25, 0.3) is 11.0 Å². The SMILES string of the molecule is CC(Cl)c1nc2c(Cl)cccc2n1Cc1cccs1. The Kier molecular flexibility index (Phi) is 3.52. The maximum Gasteiger partial charge on any atom is 0.128 e. The van der Waals surface area contributed by atoms with Crippen molar-refractivity contribution in [3.8, 4) is 0 Å². The van der Waals surface area contributed by atoms with Gasteiger partial charge in [-0.2, -0.15) is 0 Å². The second kappa shape index (κ2) is 5.16. The lowest BCUT2D eigenvalue weighted by molar-refractivity contribution is 0.750. The number of alkyl halides is 1. The van der Waals surface area contributed by atoms with Gasteiger partial charge in [0, 0.05) is 4.88 Å². The van der Waals surface area contributed by atoms with Gasteiger partial charge in [0.25, 0.3) is 0 Å². The van der Waals surface area contributed by atoms with Crippen LogP contribution in [0, 0.1) is 0 Å². The summed E-state index contributed by atoms with van der Waals surface area (Å²) < 4.78 is 2.14. The third-order valence-corrected chi connectivity index (χ3v) is 4.37. The van der Waals surface area contributed by atoms with Crippen molar-refractivity contribution >= 4 is 45.6 Å². The lowest BCUT2D eigenvalue weighted by atomic mass is 10.3. The monoisotopic (exact) mass is 310 g/mol. The van der Waals surface area contributed by atoms with E-state index in [0.29, 0.717) is 5.02 Å². The van der Waals surface area contributed by atoms with Crippen LogP contribution in [0.5, 0.6) is 0 Å². The van der Waals surface area contributed by atoms with Crippen molar-refractivity contribution in [1.82, 2.24) is 9.55 Å². The fourth-order valence-electron chi connectivity index (χ4n) is 2.16. The number of fused-ring (bicyclic) bond motifs is 1. The van der Waals surface area contributed by atoms with Crippen molar-refractivity contribution in [2.24, 2.45) is 0 Å². The third-order valence-electron chi connectivity index (χ3n) is 3.01. The van der Waals surface area contributed by atoms with Crippen LogP contribution in [0.3, 0.4) is 0 Å². The molecule has 1 atom stereocenters. The highest BCUT2D eigenvalue weighted by atomic mass is 35.5. The molecule has 1 unspecified atom stereocenters. The first-order valence-electron chi connectivity index (χ1n) is 5.98. The minimum atomic E-state index is -0.150. The number of aromatic nitrogens is 2. The van der Waals surface area contributed by atoms with E-state index in [2.05, 4.69) is 27.1 Å². The summed E-state index contributed by atoms with van der Waals surface area (Å²) >= 11 is 14.2. The average molecular weight is 311 g/mol. The number of imidazole rings is 1. The standard InChI is InChI=1S/C14H12Cl2N2S/c1-9(15)14-17-13-11(16)5-2-6-12(13)18(14)8-10-4-3-7-19-10/h2-7,9H,8H2,1H3. The lowest BCUT2D eigenvalue weighted by Crippen LogP contribution is -2.04. The van der Waals surface area contributed by atoms with Gasteiger partial charge in [0.05, 0.1) is 22.5 Å². The molecule has 0 saturated carbocycles. The van der Waals surface area contributed by atoms with Crippen LogP contribution in [-0.2, 0) is 6.54 Å². The molecule has 1 aromatic carbocycles. The number of halogens is 2. The molecule has 5 heteroatoms. The Bertz CT molecular complexity index is 702. The smallest absolute Gasteiger partial charge is 0.128 e. The number of hydrogen-bond acceptors (Lipinski definition) is 2. The molecule has 0 fully saturated rings. The molecule has 0 bridgehead atoms. The zero-order valence-corrected chi connectivity index (χ0v) is 12.6. The second-order valence-electron chi connectivity index (χ2n) is 4.36. The van der Waals surface area contributed by atoms with Crippen LogP contribution >= 0.6 is 34.5 Å². The molecule has 2 nitrogen and oxygen atoms in total. The highest BCUT2D eigenvalue weighted by Gasteiger charge is 2.16. The third kappa shape index (κ3) is 2.38. The van der Waals surface area contributed by atoms with Gasteiger partial charge in [0.2, 0.25) is 0 Å². The van der Waals surface area contributed by atoms with E-state index < -0.39 is 0 Å². The van der Waals surface area contributed by atoms with Gasteiger partial charge in [0.1, 0.15) is 11.3 Å². The van der Waals surface area contributed by atoms with E-state index >= 15 is 0 Å². The molecular formula is C14H12Cl2N2S. The Labute approximate surface area is 125 Å². The molecule has 0 saturated heterocycles. The summed E-state index contributed by atoms with van der Waals surface area (Å²) in [4.78, 5) is 5.87. The number of rotatable bonds is 3. The Morgan fingerprint density at radius 3 is 2.84 bits per heavy atom. The summed E-state index contributed by atoms with van der Waals surface area (Å²) in [6.45, 7) is 2.71. The molecule has 0 radical (unpaired) electrons. The van der Waals surface area contributed by atoms with Crippen LogP contribution in [0.2, 0.25) is 5.02 Å². The van der Waals surface area contributed by atoms with Crippen LogP contribution in [0.15, 0.2) is 35.7 Å². The molecule has 0 aliphatic heterocycles. The number of hydrogen-bond donors (Lipinski definition) is 0. The molecule has 2 heterocycles. The molecule has 19 heavy (non-hydrogen) atoms. The average Bonchev–Trinajstić information content (AvgIpc) is 2.99. The van der Waals surface area contributed by atoms with Crippen molar-refractivity contribution in [1.29, 1.82) is 0 Å². The van der Waals surface area contributed by atoms with Gasteiger partial charge < -0.3 is 4.57 Å². The predicted octanol–water partition coefficient (Wildman–Crippen LogP) is 5.10. The van der Waals surface area contributed by atoms with Crippen LogP contribution in [0.1, 0.15) is 23.0 Å². The summed E-state index contributed by atoms with van der Waals surface area (Å²) in [6, 6.07) is 10.00. The van der Waals surface area contributed by atoms with E-state index in [9.17, 15) is 0 Å². The Hall–Kier alpha value is -1.03. The first-order valence-corrected chi connectivity index (χ1v) is 7.67. The molecule has 0 aliphatic carbocycles. The summed E-state index contributed by atoms with van der Waals surface area (Å²) in [5.74, 6) is 0.859. The lowest BCUT2D eigenvalue weighted by Gasteiger charge is -2.09. The summed E-state index contributed by atoms with van der Waals surface area (Å²) in [5.41, 5.74) is 1.85. The maximum absolute atomic E-state index is 6.25. The topological polar surface area (TPSA) is 17.8 Å². The number of para-hydroxylation sites is 1. The number of benzene rings is 1.